The third-order valence-corrected chi connectivity index (χ3v) is 3.74. The van der Waals surface area contributed by atoms with Gasteiger partial charge in [0.25, 0.3) is 5.91 Å². The Morgan fingerprint density at radius 1 is 1.26 bits per heavy atom. The lowest BCUT2D eigenvalue weighted by Gasteiger charge is -2.15. The summed E-state index contributed by atoms with van der Waals surface area (Å²) >= 11 is 0. The van der Waals surface area contributed by atoms with Crippen LogP contribution in [0.3, 0.4) is 0 Å². The van der Waals surface area contributed by atoms with Crippen molar-refractivity contribution in [3.8, 4) is 0 Å². The van der Waals surface area contributed by atoms with Crippen molar-refractivity contribution < 1.29 is 4.79 Å². The normalized spacial score (nSPS) is 13.5. The highest BCUT2D eigenvalue weighted by atomic mass is 35.5. The summed E-state index contributed by atoms with van der Waals surface area (Å²) in [6.45, 7) is 4.42. The number of benzene rings is 1. The van der Waals surface area contributed by atoms with Crippen molar-refractivity contribution in [2.24, 2.45) is 0 Å². The quantitative estimate of drug-likeness (QED) is 0.833. The Bertz CT molecular complexity index is 716. The van der Waals surface area contributed by atoms with Gasteiger partial charge in [-0.25, -0.2) is 0 Å². The second-order valence-electron chi connectivity index (χ2n) is 5.33. The Morgan fingerprint density at radius 2 is 2.09 bits per heavy atom. The van der Waals surface area contributed by atoms with E-state index in [0.29, 0.717) is 12.1 Å². The van der Waals surface area contributed by atoms with Crippen LogP contribution in [0.5, 0.6) is 0 Å². The van der Waals surface area contributed by atoms with Crippen molar-refractivity contribution >= 4 is 41.6 Å². The first-order chi connectivity index (χ1) is 10.2. The van der Waals surface area contributed by atoms with Gasteiger partial charge in [0.2, 0.25) is 0 Å². The summed E-state index contributed by atoms with van der Waals surface area (Å²) in [7, 11) is 0. The van der Waals surface area contributed by atoms with Crippen LogP contribution in [0.25, 0.3) is 10.9 Å². The minimum absolute atomic E-state index is 0. The second-order valence-corrected chi connectivity index (χ2v) is 5.33. The average Bonchev–Trinajstić information content (AvgIpc) is 2.53. The summed E-state index contributed by atoms with van der Waals surface area (Å²) in [6.07, 6.45) is 3.14. The van der Waals surface area contributed by atoms with Gasteiger partial charge in [-0.3, -0.25) is 9.78 Å². The third kappa shape index (κ3) is 4.67. The summed E-state index contributed by atoms with van der Waals surface area (Å²) in [5.41, 5.74) is 3.62. The van der Waals surface area contributed by atoms with Crippen LogP contribution in [0.15, 0.2) is 42.0 Å². The highest BCUT2D eigenvalue weighted by Gasteiger charge is 2.12. The number of hydrogen-bond donors (Lipinski definition) is 2. The van der Waals surface area contributed by atoms with Gasteiger partial charge < -0.3 is 10.6 Å². The lowest BCUT2D eigenvalue weighted by atomic mass is 10.1. The lowest BCUT2D eigenvalue weighted by Crippen LogP contribution is -2.29. The Kier molecular flexibility index (Phi) is 7.49. The number of rotatable bonds is 3. The van der Waals surface area contributed by atoms with Gasteiger partial charge in [-0.1, -0.05) is 29.8 Å². The molecule has 2 aromatic rings. The first kappa shape index (κ1) is 19.4. The fraction of sp³-hybridized carbons (Fsp3) is 0.294. The van der Waals surface area contributed by atoms with Crippen LogP contribution in [-0.2, 0) is 0 Å². The van der Waals surface area contributed by atoms with E-state index in [0.717, 1.165) is 36.1 Å². The predicted octanol–water partition coefficient (Wildman–Crippen LogP) is 3.04. The molecule has 0 fully saturated rings. The van der Waals surface area contributed by atoms with Crippen molar-refractivity contribution in [3.05, 3.63) is 53.2 Å². The Morgan fingerprint density at radius 3 is 2.83 bits per heavy atom. The predicted molar refractivity (Wildman–Crippen MR) is 98.9 cm³/mol. The molecule has 1 aliphatic rings. The van der Waals surface area contributed by atoms with Crippen LogP contribution >= 0.6 is 24.8 Å². The number of carbonyl (C=O) groups excluding carboxylic acids is 1. The fourth-order valence-electron chi connectivity index (χ4n) is 2.55. The van der Waals surface area contributed by atoms with Crippen LogP contribution < -0.4 is 10.6 Å². The molecule has 4 nitrogen and oxygen atoms in total. The molecule has 124 valence electrons. The van der Waals surface area contributed by atoms with E-state index in [1.807, 2.05) is 37.3 Å². The van der Waals surface area contributed by atoms with E-state index in [-0.39, 0.29) is 30.7 Å². The van der Waals surface area contributed by atoms with Gasteiger partial charge in [-0.15, -0.1) is 24.8 Å². The van der Waals surface area contributed by atoms with E-state index in [1.54, 1.807) is 0 Å². The van der Waals surface area contributed by atoms with Crippen molar-refractivity contribution in [1.29, 1.82) is 0 Å². The zero-order chi connectivity index (χ0) is 14.7. The minimum atomic E-state index is -0.0573. The van der Waals surface area contributed by atoms with Gasteiger partial charge in [0.05, 0.1) is 11.1 Å². The number of para-hydroxylation sites is 1. The van der Waals surface area contributed by atoms with Gasteiger partial charge >= 0.3 is 0 Å². The zero-order valence-corrected chi connectivity index (χ0v) is 14.6. The molecule has 3 rings (SSSR count). The van der Waals surface area contributed by atoms with Crippen LogP contribution in [0.4, 0.5) is 0 Å². The second kappa shape index (κ2) is 8.87. The first-order valence-corrected chi connectivity index (χ1v) is 7.27. The van der Waals surface area contributed by atoms with E-state index in [4.69, 9.17) is 0 Å². The molecule has 0 saturated heterocycles. The molecule has 2 heterocycles. The van der Waals surface area contributed by atoms with E-state index in [9.17, 15) is 4.79 Å². The Balaban J connectivity index is 0.00000132. The van der Waals surface area contributed by atoms with Crippen molar-refractivity contribution in [2.75, 3.05) is 19.6 Å². The molecule has 23 heavy (non-hydrogen) atoms. The molecule has 1 aromatic carbocycles. The van der Waals surface area contributed by atoms with Gasteiger partial charge in [0.15, 0.2) is 0 Å². The zero-order valence-electron chi connectivity index (χ0n) is 13.0. The number of halogens is 2. The standard InChI is InChI=1S/C17H19N3O.2ClH/c1-12-5-6-14-3-2-4-15(16(14)20-12)17(21)19-11-13-7-9-18-10-8-13;;/h2-7,18H,8-11H2,1H3,(H,19,21);2*1H. The van der Waals surface area contributed by atoms with Crippen LogP contribution in [0.1, 0.15) is 22.5 Å². The number of aromatic nitrogens is 1. The number of aryl methyl sites for hydroxylation is 1. The van der Waals surface area contributed by atoms with E-state index >= 15 is 0 Å². The van der Waals surface area contributed by atoms with E-state index in [1.165, 1.54) is 5.57 Å². The monoisotopic (exact) mass is 353 g/mol. The van der Waals surface area contributed by atoms with Gasteiger partial charge in [0.1, 0.15) is 0 Å². The molecule has 0 bridgehead atoms. The van der Waals surface area contributed by atoms with Crippen LogP contribution in [0, 0.1) is 6.92 Å². The number of nitrogens with zero attached hydrogens (tertiary/aromatic N) is 1. The molecule has 0 spiro atoms. The molecule has 1 aliphatic heterocycles. The number of fused-ring (bicyclic) bond motifs is 1. The van der Waals surface area contributed by atoms with Gasteiger partial charge in [0, 0.05) is 24.2 Å². The molecule has 0 aliphatic carbocycles. The first-order valence-electron chi connectivity index (χ1n) is 7.27. The summed E-state index contributed by atoms with van der Waals surface area (Å²) in [6, 6.07) is 9.68. The molecule has 0 saturated carbocycles. The smallest absolute Gasteiger partial charge is 0.253 e. The maximum atomic E-state index is 12.4. The fourth-order valence-corrected chi connectivity index (χ4v) is 2.55. The topological polar surface area (TPSA) is 54.0 Å². The van der Waals surface area contributed by atoms with E-state index < -0.39 is 0 Å². The Hall–Kier alpha value is -1.62. The van der Waals surface area contributed by atoms with Gasteiger partial charge in [-0.05, 0) is 32.0 Å². The molecule has 0 atom stereocenters. The molecular weight excluding hydrogens is 333 g/mol. The van der Waals surface area contributed by atoms with Gasteiger partial charge in [-0.2, -0.15) is 0 Å². The Labute approximate surface area is 148 Å². The van der Waals surface area contributed by atoms with Crippen LogP contribution in [0.2, 0.25) is 0 Å². The average molecular weight is 354 g/mol. The molecule has 2 N–H and O–H groups in total. The number of amides is 1. The largest absolute Gasteiger partial charge is 0.348 e. The summed E-state index contributed by atoms with van der Waals surface area (Å²) in [5, 5.41) is 7.27. The summed E-state index contributed by atoms with van der Waals surface area (Å²) in [5.74, 6) is -0.0573. The lowest BCUT2D eigenvalue weighted by molar-refractivity contribution is 0.0958. The molecular formula is C17H21Cl2N3O. The molecule has 0 unspecified atom stereocenters. The van der Waals surface area contributed by atoms with Crippen molar-refractivity contribution in [2.45, 2.75) is 13.3 Å². The molecule has 0 radical (unpaired) electrons. The molecule has 1 aromatic heterocycles. The minimum Gasteiger partial charge on any atom is -0.348 e. The number of pyridine rings is 1. The summed E-state index contributed by atoms with van der Waals surface area (Å²) < 4.78 is 0. The van der Waals surface area contributed by atoms with Crippen LogP contribution in [-0.4, -0.2) is 30.5 Å². The number of nitrogens with one attached hydrogen (secondary N) is 2. The highest BCUT2D eigenvalue weighted by Crippen LogP contribution is 2.17. The summed E-state index contributed by atoms with van der Waals surface area (Å²) in [4.78, 5) is 16.9. The highest BCUT2D eigenvalue weighted by molar-refractivity contribution is 6.05. The van der Waals surface area contributed by atoms with Crippen molar-refractivity contribution in [1.82, 2.24) is 15.6 Å². The third-order valence-electron chi connectivity index (χ3n) is 3.74. The van der Waals surface area contributed by atoms with Crippen molar-refractivity contribution in [3.63, 3.8) is 0 Å². The maximum absolute atomic E-state index is 12.4. The number of hydrogen-bond acceptors (Lipinski definition) is 3. The SMILES string of the molecule is Cc1ccc2cccc(C(=O)NCC3=CCNCC3)c2n1.Cl.Cl. The molecule has 1 amide bonds. The maximum Gasteiger partial charge on any atom is 0.253 e. The number of carbonyl (C=O) groups is 1. The van der Waals surface area contributed by atoms with E-state index in [2.05, 4.69) is 21.7 Å². The molecule has 6 heteroatoms.